The van der Waals surface area contributed by atoms with Crippen molar-refractivity contribution in [2.45, 2.75) is 38.6 Å². The summed E-state index contributed by atoms with van der Waals surface area (Å²) in [6.45, 7) is 2.81. The number of rotatable bonds is 7. The standard InChI is InChI=1S/C24H23N7O2/c1-3-10-30-23-20(14-26-30)19(11-21(28-23)15-4-5-15)24(32)29-22-16(12-25)13-27-31(22)17-6-8-18(33-2)9-7-17/h6-9,11,13-15H,3-5,10H2,1-2H3,(H,29,32). The van der Waals surface area contributed by atoms with Crippen LogP contribution in [0.25, 0.3) is 16.7 Å². The van der Waals surface area contributed by atoms with E-state index in [0.717, 1.165) is 37.1 Å². The predicted molar refractivity (Wildman–Crippen MR) is 123 cm³/mol. The maximum atomic E-state index is 13.5. The fourth-order valence-corrected chi connectivity index (χ4v) is 3.86. The Morgan fingerprint density at radius 1 is 1.24 bits per heavy atom. The zero-order valence-corrected chi connectivity index (χ0v) is 18.4. The van der Waals surface area contributed by atoms with Crippen LogP contribution in [0.4, 0.5) is 5.82 Å². The summed E-state index contributed by atoms with van der Waals surface area (Å²) in [5, 5.41) is 22.0. The van der Waals surface area contributed by atoms with Crippen molar-refractivity contribution in [1.29, 1.82) is 5.26 Å². The van der Waals surface area contributed by atoms with Crippen molar-refractivity contribution in [3.63, 3.8) is 0 Å². The van der Waals surface area contributed by atoms with E-state index in [1.54, 1.807) is 25.4 Å². The van der Waals surface area contributed by atoms with Gasteiger partial charge in [-0.05, 0) is 49.6 Å². The number of ether oxygens (including phenoxy) is 1. The molecule has 9 heteroatoms. The number of nitriles is 1. The predicted octanol–water partition coefficient (Wildman–Crippen LogP) is 4.04. The van der Waals surface area contributed by atoms with E-state index in [1.807, 2.05) is 22.9 Å². The molecule has 0 spiro atoms. The van der Waals surface area contributed by atoms with Crippen LogP contribution in [0, 0.1) is 11.3 Å². The highest BCUT2D eigenvalue weighted by atomic mass is 16.5. The number of nitrogens with zero attached hydrogens (tertiary/aromatic N) is 6. The molecule has 1 aliphatic carbocycles. The van der Waals surface area contributed by atoms with E-state index in [0.29, 0.717) is 34.1 Å². The molecule has 4 aromatic rings. The van der Waals surface area contributed by atoms with Gasteiger partial charge in [0.05, 0.1) is 36.1 Å². The van der Waals surface area contributed by atoms with Crippen LogP contribution in [-0.2, 0) is 6.54 Å². The second-order valence-corrected chi connectivity index (χ2v) is 8.06. The number of hydrogen-bond donors (Lipinski definition) is 1. The first-order valence-electron chi connectivity index (χ1n) is 10.9. The Labute approximate surface area is 190 Å². The number of carbonyl (C=O) groups is 1. The minimum atomic E-state index is -0.327. The fourth-order valence-electron chi connectivity index (χ4n) is 3.86. The highest BCUT2D eigenvalue weighted by molar-refractivity contribution is 6.12. The molecule has 0 radical (unpaired) electrons. The molecule has 33 heavy (non-hydrogen) atoms. The van der Waals surface area contributed by atoms with Gasteiger partial charge in [-0.25, -0.2) is 14.3 Å². The Balaban J connectivity index is 1.55. The van der Waals surface area contributed by atoms with Crippen LogP contribution in [0.2, 0.25) is 0 Å². The minimum Gasteiger partial charge on any atom is -0.497 e. The van der Waals surface area contributed by atoms with Gasteiger partial charge >= 0.3 is 0 Å². The Morgan fingerprint density at radius 3 is 2.70 bits per heavy atom. The first-order valence-corrected chi connectivity index (χ1v) is 10.9. The number of aromatic nitrogens is 5. The Hall–Kier alpha value is -4.19. The van der Waals surface area contributed by atoms with Gasteiger partial charge in [0, 0.05) is 18.2 Å². The monoisotopic (exact) mass is 441 g/mol. The molecule has 9 nitrogen and oxygen atoms in total. The largest absolute Gasteiger partial charge is 0.497 e. The normalized spacial score (nSPS) is 13.1. The molecule has 1 aliphatic rings. The van der Waals surface area contributed by atoms with Gasteiger partial charge in [0.25, 0.3) is 5.91 Å². The van der Waals surface area contributed by atoms with Crippen LogP contribution in [0.3, 0.4) is 0 Å². The lowest BCUT2D eigenvalue weighted by molar-refractivity contribution is 0.102. The lowest BCUT2D eigenvalue weighted by Gasteiger charge is -2.12. The number of methoxy groups -OCH3 is 1. The smallest absolute Gasteiger partial charge is 0.257 e. The van der Waals surface area contributed by atoms with Gasteiger partial charge in [-0.15, -0.1) is 0 Å². The highest BCUT2D eigenvalue weighted by Gasteiger charge is 2.28. The molecule has 1 aromatic carbocycles. The lowest BCUT2D eigenvalue weighted by Crippen LogP contribution is -2.17. The molecule has 0 bridgehead atoms. The van der Waals surface area contributed by atoms with Gasteiger partial charge in [-0.3, -0.25) is 4.79 Å². The first-order chi connectivity index (χ1) is 16.1. The van der Waals surface area contributed by atoms with Crippen molar-refractivity contribution in [3.8, 4) is 17.5 Å². The molecular formula is C24H23N7O2. The van der Waals surface area contributed by atoms with Crippen LogP contribution in [0.15, 0.2) is 42.7 Å². The second kappa shape index (κ2) is 8.39. The maximum absolute atomic E-state index is 13.5. The zero-order chi connectivity index (χ0) is 22.9. The van der Waals surface area contributed by atoms with Crippen LogP contribution < -0.4 is 10.1 Å². The molecule has 5 rings (SSSR count). The third-order valence-electron chi connectivity index (χ3n) is 5.74. The average molecular weight is 441 g/mol. The van der Waals surface area contributed by atoms with E-state index in [1.165, 1.54) is 10.9 Å². The quantitative estimate of drug-likeness (QED) is 0.463. The van der Waals surface area contributed by atoms with Gasteiger partial charge in [0.15, 0.2) is 11.5 Å². The Bertz CT molecular complexity index is 1370. The van der Waals surface area contributed by atoms with Gasteiger partial charge in [0.1, 0.15) is 17.4 Å². The van der Waals surface area contributed by atoms with E-state index < -0.39 is 0 Å². The van der Waals surface area contributed by atoms with E-state index in [4.69, 9.17) is 9.72 Å². The molecule has 0 aliphatic heterocycles. The number of carbonyl (C=O) groups excluding carboxylic acids is 1. The molecular weight excluding hydrogens is 418 g/mol. The number of aryl methyl sites for hydroxylation is 1. The topological polar surface area (TPSA) is 111 Å². The van der Waals surface area contributed by atoms with Gasteiger partial charge in [0.2, 0.25) is 0 Å². The van der Waals surface area contributed by atoms with Crippen LogP contribution >= 0.6 is 0 Å². The Kier molecular flexibility index (Phi) is 5.26. The van der Waals surface area contributed by atoms with Crippen molar-refractivity contribution >= 4 is 22.8 Å². The number of pyridine rings is 1. The van der Waals surface area contributed by atoms with E-state index in [-0.39, 0.29) is 11.5 Å². The molecule has 0 atom stereocenters. The summed E-state index contributed by atoms with van der Waals surface area (Å²) in [5.41, 5.74) is 3.09. The molecule has 3 aromatic heterocycles. The summed E-state index contributed by atoms with van der Waals surface area (Å²) in [4.78, 5) is 18.3. The first kappa shape index (κ1) is 20.7. The third kappa shape index (κ3) is 3.80. The van der Waals surface area contributed by atoms with Crippen molar-refractivity contribution < 1.29 is 9.53 Å². The summed E-state index contributed by atoms with van der Waals surface area (Å²) in [6.07, 6.45) is 6.20. The van der Waals surface area contributed by atoms with E-state index in [9.17, 15) is 10.1 Å². The number of anilines is 1. The van der Waals surface area contributed by atoms with Gasteiger partial charge < -0.3 is 10.1 Å². The van der Waals surface area contributed by atoms with E-state index in [2.05, 4.69) is 28.5 Å². The van der Waals surface area contributed by atoms with Crippen LogP contribution in [-0.4, -0.2) is 37.6 Å². The number of fused-ring (bicyclic) bond motifs is 1. The molecule has 3 heterocycles. The zero-order valence-electron chi connectivity index (χ0n) is 18.4. The molecule has 1 N–H and O–H groups in total. The van der Waals surface area contributed by atoms with Crippen LogP contribution in [0.5, 0.6) is 5.75 Å². The maximum Gasteiger partial charge on any atom is 0.257 e. The fraction of sp³-hybridized carbons (Fsp3) is 0.292. The molecule has 1 saturated carbocycles. The molecule has 0 unspecified atom stereocenters. The summed E-state index contributed by atoms with van der Waals surface area (Å²) < 4.78 is 8.60. The number of amides is 1. The summed E-state index contributed by atoms with van der Waals surface area (Å²) in [7, 11) is 1.59. The molecule has 1 fully saturated rings. The average Bonchev–Trinajstić information content (AvgIpc) is 3.51. The van der Waals surface area contributed by atoms with Gasteiger partial charge in [-0.1, -0.05) is 6.92 Å². The third-order valence-corrected chi connectivity index (χ3v) is 5.74. The van der Waals surface area contributed by atoms with Crippen molar-refractivity contribution in [1.82, 2.24) is 24.5 Å². The lowest BCUT2D eigenvalue weighted by atomic mass is 10.1. The summed E-state index contributed by atoms with van der Waals surface area (Å²) in [5.74, 6) is 1.07. The summed E-state index contributed by atoms with van der Waals surface area (Å²) >= 11 is 0. The van der Waals surface area contributed by atoms with E-state index >= 15 is 0 Å². The second-order valence-electron chi connectivity index (χ2n) is 8.06. The van der Waals surface area contributed by atoms with Crippen molar-refractivity contribution in [2.75, 3.05) is 12.4 Å². The molecule has 0 saturated heterocycles. The minimum absolute atomic E-state index is 0.272. The van der Waals surface area contributed by atoms with Crippen molar-refractivity contribution in [3.05, 3.63) is 59.5 Å². The van der Waals surface area contributed by atoms with Gasteiger partial charge in [-0.2, -0.15) is 15.5 Å². The molecule has 1 amide bonds. The number of hydrogen-bond acceptors (Lipinski definition) is 6. The SMILES string of the molecule is CCCn1ncc2c(C(=O)Nc3c(C#N)cnn3-c3ccc(OC)cc3)cc(C3CC3)nc21. The number of nitrogens with one attached hydrogen (secondary N) is 1. The van der Waals surface area contributed by atoms with Crippen molar-refractivity contribution in [2.24, 2.45) is 0 Å². The van der Waals surface area contributed by atoms with Crippen LogP contribution in [0.1, 0.15) is 53.7 Å². The highest BCUT2D eigenvalue weighted by Crippen LogP contribution is 2.40. The number of benzene rings is 1. The Morgan fingerprint density at radius 2 is 2.03 bits per heavy atom. The summed E-state index contributed by atoms with van der Waals surface area (Å²) in [6, 6.07) is 11.2. The molecule has 166 valence electrons.